The van der Waals surface area contributed by atoms with E-state index in [0.29, 0.717) is 6.42 Å². The van der Waals surface area contributed by atoms with E-state index in [2.05, 4.69) is 10.6 Å². The standard InChI is InChI=1S/C15H15N3OS/c16-15(20)18-13-8-6-12(7-9-13)17-14(19)10-11-4-2-1-3-5-11/h1-9H,10H2,(H,17,19)(H3,16,18,20). The van der Waals surface area contributed by atoms with Gasteiger partial charge in [-0.25, -0.2) is 0 Å². The van der Waals surface area contributed by atoms with Crippen LogP contribution in [0.3, 0.4) is 0 Å². The first-order valence-corrected chi connectivity index (χ1v) is 6.54. The van der Waals surface area contributed by atoms with E-state index in [4.69, 9.17) is 18.0 Å². The first-order chi connectivity index (χ1) is 9.63. The molecule has 0 aliphatic heterocycles. The number of carbonyl (C=O) groups excluding carboxylic acids is 1. The summed E-state index contributed by atoms with van der Waals surface area (Å²) >= 11 is 4.75. The van der Waals surface area contributed by atoms with Crippen molar-refractivity contribution in [1.82, 2.24) is 0 Å². The minimum absolute atomic E-state index is 0.0498. The Bertz CT molecular complexity index is 596. The van der Waals surface area contributed by atoms with Crippen LogP contribution in [-0.4, -0.2) is 11.0 Å². The number of carbonyl (C=O) groups is 1. The first-order valence-electron chi connectivity index (χ1n) is 6.14. The summed E-state index contributed by atoms with van der Waals surface area (Å²) in [6.45, 7) is 0. The van der Waals surface area contributed by atoms with Gasteiger partial charge in [-0.1, -0.05) is 30.3 Å². The third-order valence-corrected chi connectivity index (χ3v) is 2.75. The quantitative estimate of drug-likeness (QED) is 0.755. The Morgan fingerprint density at radius 3 is 2.05 bits per heavy atom. The molecule has 0 atom stereocenters. The molecule has 0 bridgehead atoms. The van der Waals surface area contributed by atoms with Crippen LogP contribution in [0.15, 0.2) is 54.6 Å². The van der Waals surface area contributed by atoms with E-state index in [1.807, 2.05) is 30.3 Å². The minimum Gasteiger partial charge on any atom is -0.376 e. The fourth-order valence-electron chi connectivity index (χ4n) is 1.77. The maximum absolute atomic E-state index is 11.9. The van der Waals surface area contributed by atoms with E-state index in [-0.39, 0.29) is 11.0 Å². The van der Waals surface area contributed by atoms with Crippen molar-refractivity contribution in [3.63, 3.8) is 0 Å². The molecule has 0 unspecified atom stereocenters. The highest BCUT2D eigenvalue weighted by molar-refractivity contribution is 7.80. The summed E-state index contributed by atoms with van der Waals surface area (Å²) in [4.78, 5) is 11.9. The van der Waals surface area contributed by atoms with E-state index < -0.39 is 0 Å². The number of hydrogen-bond acceptors (Lipinski definition) is 2. The van der Waals surface area contributed by atoms with Gasteiger partial charge in [0, 0.05) is 11.4 Å². The normalized spacial score (nSPS) is 9.80. The number of amides is 1. The van der Waals surface area contributed by atoms with Crippen LogP contribution in [0.25, 0.3) is 0 Å². The summed E-state index contributed by atoms with van der Waals surface area (Å²) in [5.41, 5.74) is 7.89. The molecule has 0 radical (unpaired) electrons. The van der Waals surface area contributed by atoms with Gasteiger partial charge < -0.3 is 16.4 Å². The maximum atomic E-state index is 11.9. The van der Waals surface area contributed by atoms with Crippen molar-refractivity contribution in [3.05, 3.63) is 60.2 Å². The fourth-order valence-corrected chi connectivity index (χ4v) is 1.88. The summed E-state index contributed by atoms with van der Waals surface area (Å²) in [7, 11) is 0. The lowest BCUT2D eigenvalue weighted by atomic mass is 10.1. The monoisotopic (exact) mass is 285 g/mol. The van der Waals surface area contributed by atoms with Gasteiger partial charge in [0.1, 0.15) is 0 Å². The van der Waals surface area contributed by atoms with Crippen molar-refractivity contribution in [2.45, 2.75) is 6.42 Å². The Kier molecular flexibility index (Phi) is 4.68. The van der Waals surface area contributed by atoms with Crippen LogP contribution in [0, 0.1) is 0 Å². The van der Waals surface area contributed by atoms with Crippen LogP contribution >= 0.6 is 12.2 Å². The lowest BCUT2D eigenvalue weighted by Crippen LogP contribution is -2.19. The summed E-state index contributed by atoms with van der Waals surface area (Å²) in [6, 6.07) is 16.8. The Labute approximate surface area is 123 Å². The lowest BCUT2D eigenvalue weighted by molar-refractivity contribution is -0.115. The van der Waals surface area contributed by atoms with Gasteiger partial charge in [0.05, 0.1) is 6.42 Å². The van der Waals surface area contributed by atoms with Crippen LogP contribution in [0.4, 0.5) is 11.4 Å². The zero-order valence-electron chi connectivity index (χ0n) is 10.8. The fraction of sp³-hybridized carbons (Fsp3) is 0.0667. The van der Waals surface area contributed by atoms with Crippen LogP contribution in [-0.2, 0) is 11.2 Å². The van der Waals surface area contributed by atoms with Gasteiger partial charge >= 0.3 is 0 Å². The number of benzene rings is 2. The second-order valence-corrected chi connectivity index (χ2v) is 4.72. The van der Waals surface area contributed by atoms with Gasteiger partial charge in [-0.2, -0.15) is 0 Å². The van der Waals surface area contributed by atoms with Gasteiger partial charge in [-0.3, -0.25) is 4.79 Å². The van der Waals surface area contributed by atoms with Crippen molar-refractivity contribution in [1.29, 1.82) is 0 Å². The molecule has 1 amide bonds. The molecule has 0 saturated heterocycles. The van der Waals surface area contributed by atoms with Crippen molar-refractivity contribution >= 4 is 34.6 Å². The van der Waals surface area contributed by atoms with Gasteiger partial charge in [0.2, 0.25) is 5.91 Å². The van der Waals surface area contributed by atoms with E-state index in [9.17, 15) is 4.79 Å². The molecule has 0 spiro atoms. The number of hydrogen-bond donors (Lipinski definition) is 3. The molecule has 102 valence electrons. The number of nitrogens with one attached hydrogen (secondary N) is 2. The second kappa shape index (κ2) is 6.68. The predicted octanol–water partition coefficient (Wildman–Crippen LogP) is 2.52. The molecule has 4 N–H and O–H groups in total. The lowest BCUT2D eigenvalue weighted by Gasteiger charge is -2.07. The van der Waals surface area contributed by atoms with E-state index in [0.717, 1.165) is 16.9 Å². The topological polar surface area (TPSA) is 67.2 Å². The molecule has 2 aromatic rings. The number of anilines is 2. The van der Waals surface area contributed by atoms with Gasteiger partial charge in [-0.15, -0.1) is 0 Å². The summed E-state index contributed by atoms with van der Waals surface area (Å²) in [6.07, 6.45) is 0.355. The molecule has 0 fully saturated rings. The molecule has 0 aromatic heterocycles. The smallest absolute Gasteiger partial charge is 0.228 e. The van der Waals surface area contributed by atoms with E-state index in [1.165, 1.54) is 0 Å². The molecule has 5 heteroatoms. The van der Waals surface area contributed by atoms with Crippen molar-refractivity contribution in [2.24, 2.45) is 5.73 Å². The molecule has 2 rings (SSSR count). The van der Waals surface area contributed by atoms with Crippen LogP contribution < -0.4 is 16.4 Å². The summed E-state index contributed by atoms with van der Waals surface area (Å²) in [5.74, 6) is -0.0498. The highest BCUT2D eigenvalue weighted by Gasteiger charge is 2.03. The molecule has 2 aromatic carbocycles. The SMILES string of the molecule is NC(=S)Nc1ccc(NC(=O)Cc2ccccc2)cc1. The van der Waals surface area contributed by atoms with Gasteiger partial charge in [0.15, 0.2) is 5.11 Å². The molecule has 0 heterocycles. The van der Waals surface area contributed by atoms with Crippen LogP contribution in [0.1, 0.15) is 5.56 Å². The molecular formula is C15H15N3OS. The highest BCUT2D eigenvalue weighted by Crippen LogP contribution is 2.13. The number of thiocarbonyl (C=S) groups is 1. The third-order valence-electron chi connectivity index (χ3n) is 2.64. The molecule has 0 saturated carbocycles. The molecule has 4 nitrogen and oxygen atoms in total. The summed E-state index contributed by atoms with van der Waals surface area (Å²) < 4.78 is 0. The average Bonchev–Trinajstić information content (AvgIpc) is 2.41. The van der Waals surface area contributed by atoms with Gasteiger partial charge in [0.25, 0.3) is 0 Å². The minimum atomic E-state index is -0.0498. The third kappa shape index (κ3) is 4.37. The Morgan fingerprint density at radius 2 is 1.50 bits per heavy atom. The Morgan fingerprint density at radius 1 is 0.950 bits per heavy atom. The first kappa shape index (κ1) is 14.0. The van der Waals surface area contributed by atoms with Gasteiger partial charge in [-0.05, 0) is 42.0 Å². The average molecular weight is 285 g/mol. The predicted molar refractivity (Wildman–Crippen MR) is 85.6 cm³/mol. The zero-order valence-corrected chi connectivity index (χ0v) is 11.6. The Hall–Kier alpha value is -2.40. The highest BCUT2D eigenvalue weighted by atomic mass is 32.1. The zero-order chi connectivity index (χ0) is 14.4. The largest absolute Gasteiger partial charge is 0.376 e. The Balaban J connectivity index is 1.93. The number of nitrogens with two attached hydrogens (primary N) is 1. The van der Waals surface area contributed by atoms with E-state index in [1.54, 1.807) is 24.3 Å². The molecule has 20 heavy (non-hydrogen) atoms. The summed E-state index contributed by atoms with van der Waals surface area (Å²) in [5, 5.41) is 5.88. The molecular weight excluding hydrogens is 270 g/mol. The molecule has 0 aliphatic carbocycles. The number of rotatable bonds is 4. The van der Waals surface area contributed by atoms with Crippen molar-refractivity contribution in [2.75, 3.05) is 10.6 Å². The maximum Gasteiger partial charge on any atom is 0.228 e. The van der Waals surface area contributed by atoms with Crippen LogP contribution in [0.2, 0.25) is 0 Å². The van der Waals surface area contributed by atoms with Crippen LogP contribution in [0.5, 0.6) is 0 Å². The van der Waals surface area contributed by atoms with E-state index >= 15 is 0 Å². The van der Waals surface area contributed by atoms with Crippen molar-refractivity contribution in [3.8, 4) is 0 Å². The van der Waals surface area contributed by atoms with Crippen molar-refractivity contribution < 1.29 is 4.79 Å². The molecule has 0 aliphatic rings. The second-order valence-electron chi connectivity index (χ2n) is 4.28.